The van der Waals surface area contributed by atoms with Crippen LogP contribution in [0.4, 0.5) is 16.2 Å². The Balaban J connectivity index is 1.48. The van der Waals surface area contributed by atoms with E-state index in [1.54, 1.807) is 4.90 Å². The third-order valence-corrected chi connectivity index (χ3v) is 7.03. The number of likely N-dealkylation sites (N-methyl/N-ethyl adjacent to an activating group) is 1. The van der Waals surface area contributed by atoms with Crippen LogP contribution in [-0.4, -0.2) is 47.5 Å². The fraction of sp³-hybridized carbons (Fsp3) is 0.310. The number of anilines is 2. The minimum Gasteiger partial charge on any atom is -0.382 e. The maximum atomic E-state index is 13.8. The number of benzene rings is 3. The normalized spacial score (nSPS) is 12.9. The molecule has 4 N–H and O–H groups in total. The molecule has 1 aliphatic rings. The first-order valence-corrected chi connectivity index (χ1v) is 12.7. The van der Waals surface area contributed by atoms with Crippen LogP contribution in [0.5, 0.6) is 0 Å². The minimum absolute atomic E-state index is 0.0333. The molecule has 4 aromatic rings. The Hall–Kier alpha value is -4.00. The number of hydrogen-bond acceptors (Lipinski definition) is 3. The van der Waals surface area contributed by atoms with Gasteiger partial charge in [0.25, 0.3) is 5.91 Å². The van der Waals surface area contributed by atoms with Crippen LogP contribution < -0.4 is 16.0 Å². The molecule has 186 valence electrons. The maximum absolute atomic E-state index is 13.8. The molecular weight excluding hydrogens is 450 g/mol. The van der Waals surface area contributed by atoms with Crippen LogP contribution in [0.3, 0.4) is 0 Å². The molecule has 7 nitrogen and oxygen atoms in total. The van der Waals surface area contributed by atoms with Gasteiger partial charge in [-0.3, -0.25) is 4.79 Å². The summed E-state index contributed by atoms with van der Waals surface area (Å²) in [6.45, 7) is 7.91. The number of carbonyl (C=O) groups is 2. The van der Waals surface area contributed by atoms with E-state index in [0.717, 1.165) is 34.3 Å². The van der Waals surface area contributed by atoms with E-state index in [9.17, 15) is 9.59 Å². The number of hydrogen-bond donors (Lipinski definition) is 3. The maximum Gasteiger partial charge on any atom is 0.314 e. The number of aromatic amines is 1. The molecule has 0 saturated carbocycles. The molecule has 1 aliphatic heterocycles. The lowest BCUT2D eigenvalue weighted by Gasteiger charge is -2.20. The lowest BCUT2D eigenvalue weighted by molar-refractivity contribution is 0.0985. The van der Waals surface area contributed by atoms with Crippen LogP contribution in [-0.2, 0) is 12.8 Å². The van der Waals surface area contributed by atoms with Crippen LogP contribution in [0.1, 0.15) is 42.4 Å². The number of rotatable bonds is 7. The van der Waals surface area contributed by atoms with E-state index in [-0.39, 0.29) is 11.9 Å². The van der Waals surface area contributed by atoms with Crippen molar-refractivity contribution in [3.8, 4) is 0 Å². The van der Waals surface area contributed by atoms with Crippen molar-refractivity contribution in [3.63, 3.8) is 0 Å². The van der Waals surface area contributed by atoms with Gasteiger partial charge in [-0.1, -0.05) is 36.4 Å². The summed E-state index contributed by atoms with van der Waals surface area (Å²) in [6, 6.07) is 18.3. The Kier molecular flexibility index (Phi) is 6.31. The molecular formula is C29H33N5O2. The fourth-order valence-electron chi connectivity index (χ4n) is 5.29. The van der Waals surface area contributed by atoms with Gasteiger partial charge in [0.1, 0.15) is 5.69 Å². The molecule has 3 aromatic carbocycles. The lowest BCUT2D eigenvalue weighted by Crippen LogP contribution is -2.36. The standard InChI is InChI=1S/C29H33N5O2/c1-4-33(29(30)36)14-12-19-8-7-11-24-23(19)16-26(32-24)28(35)34-15-13-22-20-9-5-6-10-21(20)25(17-27(22)34)31-18(2)3/h5-11,16-18,31-32H,4,12-15H2,1-3H3,(H2,30,36). The van der Waals surface area contributed by atoms with E-state index in [1.807, 2.05) is 36.1 Å². The molecule has 0 aliphatic carbocycles. The van der Waals surface area contributed by atoms with E-state index >= 15 is 0 Å². The summed E-state index contributed by atoms with van der Waals surface area (Å²) in [5.41, 5.74) is 11.3. The number of nitrogens with two attached hydrogens (primary N) is 1. The van der Waals surface area contributed by atoms with Crippen molar-refractivity contribution in [3.05, 3.63) is 71.4 Å². The Labute approximate surface area is 211 Å². The highest BCUT2D eigenvalue weighted by atomic mass is 16.2. The molecule has 7 heteroatoms. The Bertz CT molecular complexity index is 1460. The third kappa shape index (κ3) is 4.26. The van der Waals surface area contributed by atoms with Gasteiger partial charge in [-0.25, -0.2) is 4.79 Å². The van der Waals surface area contributed by atoms with Crippen molar-refractivity contribution >= 4 is 45.0 Å². The Morgan fingerprint density at radius 2 is 1.86 bits per heavy atom. The van der Waals surface area contributed by atoms with Gasteiger partial charge in [0.15, 0.2) is 0 Å². The van der Waals surface area contributed by atoms with Crippen molar-refractivity contribution in [2.24, 2.45) is 5.73 Å². The molecule has 0 atom stereocenters. The molecule has 0 spiro atoms. The zero-order valence-corrected chi connectivity index (χ0v) is 21.1. The molecule has 2 heterocycles. The smallest absolute Gasteiger partial charge is 0.314 e. The van der Waals surface area contributed by atoms with Crippen LogP contribution in [0.15, 0.2) is 54.6 Å². The van der Waals surface area contributed by atoms with Crippen LogP contribution in [0, 0.1) is 0 Å². The van der Waals surface area contributed by atoms with Crippen molar-refractivity contribution in [2.45, 2.75) is 39.7 Å². The zero-order chi connectivity index (χ0) is 25.4. The van der Waals surface area contributed by atoms with Crippen molar-refractivity contribution < 1.29 is 9.59 Å². The van der Waals surface area contributed by atoms with Gasteiger partial charge in [-0.05, 0) is 68.3 Å². The fourth-order valence-corrected chi connectivity index (χ4v) is 5.29. The third-order valence-electron chi connectivity index (χ3n) is 7.03. The van der Waals surface area contributed by atoms with Crippen molar-refractivity contribution in [1.29, 1.82) is 0 Å². The van der Waals surface area contributed by atoms with Crippen LogP contribution >= 0.6 is 0 Å². The van der Waals surface area contributed by atoms with Crippen molar-refractivity contribution in [1.82, 2.24) is 9.88 Å². The number of urea groups is 1. The quantitative estimate of drug-likeness (QED) is 0.333. The number of aromatic nitrogens is 1. The van der Waals surface area contributed by atoms with Crippen LogP contribution in [0.2, 0.25) is 0 Å². The topological polar surface area (TPSA) is 94.5 Å². The van der Waals surface area contributed by atoms with E-state index in [2.05, 4.69) is 54.5 Å². The summed E-state index contributed by atoms with van der Waals surface area (Å²) >= 11 is 0. The molecule has 0 radical (unpaired) electrons. The van der Waals surface area contributed by atoms with Gasteiger partial charge in [-0.2, -0.15) is 0 Å². The van der Waals surface area contributed by atoms with Gasteiger partial charge < -0.3 is 25.8 Å². The number of fused-ring (bicyclic) bond motifs is 4. The first-order valence-electron chi connectivity index (χ1n) is 12.7. The second-order valence-electron chi connectivity index (χ2n) is 9.70. The monoisotopic (exact) mass is 483 g/mol. The highest BCUT2D eigenvalue weighted by molar-refractivity contribution is 6.12. The highest BCUT2D eigenvalue weighted by Gasteiger charge is 2.29. The highest BCUT2D eigenvalue weighted by Crippen LogP contribution is 2.40. The van der Waals surface area contributed by atoms with E-state index < -0.39 is 6.03 Å². The van der Waals surface area contributed by atoms with Gasteiger partial charge in [0, 0.05) is 53.3 Å². The SMILES string of the molecule is CCN(CCc1cccc2[nH]c(C(=O)N3CCc4c3cc(NC(C)C)c3ccccc43)cc12)C(N)=O. The van der Waals surface area contributed by atoms with Crippen molar-refractivity contribution in [2.75, 3.05) is 29.9 Å². The number of amides is 3. The van der Waals surface area contributed by atoms with Gasteiger partial charge >= 0.3 is 6.03 Å². The largest absolute Gasteiger partial charge is 0.382 e. The van der Waals surface area contributed by atoms with Gasteiger partial charge in [0.05, 0.1) is 0 Å². The van der Waals surface area contributed by atoms with E-state index in [0.29, 0.717) is 31.7 Å². The molecule has 0 bridgehead atoms. The van der Waals surface area contributed by atoms with Gasteiger partial charge in [0.2, 0.25) is 0 Å². The average Bonchev–Trinajstić information content (AvgIpc) is 3.48. The molecule has 3 amide bonds. The lowest BCUT2D eigenvalue weighted by atomic mass is 10.00. The number of nitrogens with one attached hydrogen (secondary N) is 2. The number of carbonyl (C=O) groups excluding carboxylic acids is 2. The summed E-state index contributed by atoms with van der Waals surface area (Å²) in [7, 11) is 0. The zero-order valence-electron chi connectivity index (χ0n) is 21.1. The van der Waals surface area contributed by atoms with Crippen LogP contribution in [0.25, 0.3) is 21.7 Å². The summed E-state index contributed by atoms with van der Waals surface area (Å²) in [5.74, 6) is -0.0333. The first kappa shape index (κ1) is 23.7. The Morgan fingerprint density at radius 1 is 1.08 bits per heavy atom. The Morgan fingerprint density at radius 3 is 2.58 bits per heavy atom. The molecule has 1 aromatic heterocycles. The second kappa shape index (κ2) is 9.57. The molecule has 0 saturated heterocycles. The molecule has 0 fully saturated rings. The molecule has 36 heavy (non-hydrogen) atoms. The van der Waals surface area contributed by atoms with Gasteiger partial charge in [-0.15, -0.1) is 0 Å². The minimum atomic E-state index is -0.416. The second-order valence-corrected chi connectivity index (χ2v) is 9.70. The molecule has 0 unspecified atom stereocenters. The predicted octanol–water partition coefficient (Wildman–Crippen LogP) is 5.29. The number of H-pyrrole nitrogens is 1. The van der Waals surface area contributed by atoms with E-state index in [4.69, 9.17) is 5.73 Å². The predicted molar refractivity (Wildman–Crippen MR) is 147 cm³/mol. The number of nitrogens with zero attached hydrogens (tertiary/aromatic N) is 2. The summed E-state index contributed by atoms with van der Waals surface area (Å²) < 4.78 is 0. The first-order chi connectivity index (χ1) is 17.4. The van der Waals surface area contributed by atoms with E-state index in [1.165, 1.54) is 16.3 Å². The molecule has 5 rings (SSSR count). The average molecular weight is 484 g/mol. The summed E-state index contributed by atoms with van der Waals surface area (Å²) in [6.07, 6.45) is 1.50. The summed E-state index contributed by atoms with van der Waals surface area (Å²) in [4.78, 5) is 32.2. The number of primary amides is 1. The summed E-state index contributed by atoms with van der Waals surface area (Å²) in [5, 5.41) is 6.94.